The van der Waals surface area contributed by atoms with E-state index in [4.69, 9.17) is 4.74 Å². The minimum Gasteiger partial charge on any atom is -0.466 e. The average molecular weight is 306 g/mol. The number of esters is 1. The predicted octanol–water partition coefficient (Wildman–Crippen LogP) is 0.589. The zero-order valence-corrected chi connectivity index (χ0v) is 13.3. The molecule has 2 aliphatic heterocycles. The van der Waals surface area contributed by atoms with Gasteiger partial charge in [0.25, 0.3) is 0 Å². The lowest BCUT2D eigenvalue weighted by Gasteiger charge is -2.33. The minimum absolute atomic E-state index is 0. The summed E-state index contributed by atoms with van der Waals surface area (Å²) >= 11 is 0. The predicted molar refractivity (Wildman–Crippen MR) is 82.4 cm³/mol. The molecule has 1 N–H and O–H groups in total. The summed E-state index contributed by atoms with van der Waals surface area (Å²) < 4.78 is 5.10. The van der Waals surface area contributed by atoms with E-state index in [9.17, 15) is 4.79 Å². The Balaban J connectivity index is 0.00000200. The van der Waals surface area contributed by atoms with E-state index in [0.717, 1.165) is 52.1 Å². The van der Waals surface area contributed by atoms with E-state index >= 15 is 0 Å². The average Bonchev–Trinajstić information content (AvgIpc) is 2.47. The number of halogens is 1. The number of nitrogens with zero attached hydrogens (tertiary/aromatic N) is 2. The van der Waals surface area contributed by atoms with E-state index in [1.165, 1.54) is 13.1 Å². The van der Waals surface area contributed by atoms with Crippen LogP contribution in [0.1, 0.15) is 19.8 Å². The van der Waals surface area contributed by atoms with Crippen LogP contribution >= 0.6 is 12.4 Å². The topological polar surface area (TPSA) is 44.8 Å². The Morgan fingerprint density at radius 1 is 1.10 bits per heavy atom. The zero-order chi connectivity index (χ0) is 13.5. The van der Waals surface area contributed by atoms with Crippen LogP contribution in [0.2, 0.25) is 0 Å². The monoisotopic (exact) mass is 305 g/mol. The van der Waals surface area contributed by atoms with Crippen molar-refractivity contribution in [1.82, 2.24) is 15.1 Å². The molecule has 0 spiro atoms. The molecular formula is C14H28ClN3O2. The van der Waals surface area contributed by atoms with Crippen LogP contribution in [-0.2, 0) is 9.53 Å². The molecule has 20 heavy (non-hydrogen) atoms. The summed E-state index contributed by atoms with van der Waals surface area (Å²) in [6.45, 7) is 11.3. The highest BCUT2D eigenvalue weighted by molar-refractivity contribution is 5.85. The third kappa shape index (κ3) is 5.56. The third-order valence-electron chi connectivity index (χ3n) is 4.15. The van der Waals surface area contributed by atoms with Gasteiger partial charge in [0.1, 0.15) is 0 Å². The number of rotatable bonds is 5. The van der Waals surface area contributed by atoms with Gasteiger partial charge in [0.2, 0.25) is 0 Å². The molecule has 0 aliphatic carbocycles. The van der Waals surface area contributed by atoms with Gasteiger partial charge in [0, 0.05) is 39.3 Å². The first-order chi connectivity index (χ1) is 9.29. The molecule has 0 aromatic heterocycles. The largest absolute Gasteiger partial charge is 0.466 e. The normalized spacial score (nSPS) is 22.2. The molecule has 0 unspecified atom stereocenters. The Labute approximate surface area is 128 Å². The first kappa shape index (κ1) is 17.7. The van der Waals surface area contributed by atoms with E-state index < -0.39 is 0 Å². The fraction of sp³-hybridized carbons (Fsp3) is 0.929. The molecule has 2 rings (SSSR count). The van der Waals surface area contributed by atoms with Crippen molar-refractivity contribution in [3.05, 3.63) is 0 Å². The summed E-state index contributed by atoms with van der Waals surface area (Å²) in [5.74, 6) is 0.139. The van der Waals surface area contributed by atoms with Gasteiger partial charge in [-0.1, -0.05) is 0 Å². The summed E-state index contributed by atoms with van der Waals surface area (Å²) in [6.07, 6.45) is 1.92. The van der Waals surface area contributed by atoms with Gasteiger partial charge in [-0.05, 0) is 32.9 Å². The smallest absolute Gasteiger partial charge is 0.309 e. The van der Waals surface area contributed by atoms with E-state index in [2.05, 4.69) is 15.1 Å². The number of carbonyl (C=O) groups is 1. The van der Waals surface area contributed by atoms with Crippen molar-refractivity contribution in [2.24, 2.45) is 5.92 Å². The summed E-state index contributed by atoms with van der Waals surface area (Å²) in [5, 5.41) is 3.38. The van der Waals surface area contributed by atoms with Crippen LogP contribution in [0.5, 0.6) is 0 Å². The molecule has 2 saturated heterocycles. The number of hydrogen-bond acceptors (Lipinski definition) is 5. The second kappa shape index (κ2) is 9.55. The fourth-order valence-electron chi connectivity index (χ4n) is 2.87. The minimum atomic E-state index is 0. The van der Waals surface area contributed by atoms with Crippen LogP contribution in [0.4, 0.5) is 0 Å². The van der Waals surface area contributed by atoms with E-state index in [0.29, 0.717) is 6.61 Å². The molecule has 2 heterocycles. The Bertz CT molecular complexity index is 278. The standard InChI is InChI=1S/C14H27N3O2.ClH/c1-2-19-14(18)13-3-7-16(8-4-13)11-12-17-9-5-15-6-10-17;/h13,15H,2-12H2,1H3;1H. The second-order valence-corrected chi connectivity index (χ2v) is 5.46. The molecule has 2 fully saturated rings. The van der Waals surface area contributed by atoms with Gasteiger partial charge in [-0.3, -0.25) is 9.69 Å². The Morgan fingerprint density at radius 3 is 2.20 bits per heavy atom. The van der Waals surface area contributed by atoms with Crippen molar-refractivity contribution in [2.45, 2.75) is 19.8 Å². The number of piperazine rings is 1. The van der Waals surface area contributed by atoms with Crippen molar-refractivity contribution in [3.63, 3.8) is 0 Å². The molecule has 0 amide bonds. The van der Waals surface area contributed by atoms with Gasteiger partial charge in [0.15, 0.2) is 0 Å². The maximum absolute atomic E-state index is 11.7. The fourth-order valence-corrected chi connectivity index (χ4v) is 2.87. The number of piperidine rings is 1. The Morgan fingerprint density at radius 2 is 1.65 bits per heavy atom. The Kier molecular flexibility index (Phi) is 8.45. The van der Waals surface area contributed by atoms with Crippen LogP contribution in [0.25, 0.3) is 0 Å². The number of hydrogen-bond donors (Lipinski definition) is 1. The van der Waals surface area contributed by atoms with E-state index in [-0.39, 0.29) is 24.3 Å². The third-order valence-corrected chi connectivity index (χ3v) is 4.15. The van der Waals surface area contributed by atoms with E-state index in [1.807, 2.05) is 6.92 Å². The van der Waals surface area contributed by atoms with Crippen LogP contribution in [0, 0.1) is 5.92 Å². The molecule has 0 aromatic carbocycles. The van der Waals surface area contributed by atoms with Crippen molar-refractivity contribution in [2.75, 3.05) is 59.0 Å². The molecule has 0 saturated carbocycles. The number of carbonyl (C=O) groups excluding carboxylic acids is 1. The second-order valence-electron chi connectivity index (χ2n) is 5.46. The first-order valence-corrected chi connectivity index (χ1v) is 7.61. The van der Waals surface area contributed by atoms with Crippen LogP contribution in [0.3, 0.4) is 0 Å². The molecule has 0 aromatic rings. The maximum Gasteiger partial charge on any atom is 0.309 e. The van der Waals surface area contributed by atoms with Gasteiger partial charge >= 0.3 is 5.97 Å². The molecule has 0 radical (unpaired) electrons. The van der Waals surface area contributed by atoms with Crippen molar-refractivity contribution < 1.29 is 9.53 Å². The number of ether oxygens (including phenoxy) is 1. The molecule has 118 valence electrons. The highest BCUT2D eigenvalue weighted by Crippen LogP contribution is 2.18. The first-order valence-electron chi connectivity index (χ1n) is 7.61. The molecule has 0 bridgehead atoms. The molecule has 2 aliphatic rings. The van der Waals surface area contributed by atoms with E-state index in [1.54, 1.807) is 0 Å². The Hall–Kier alpha value is -0.360. The quantitative estimate of drug-likeness (QED) is 0.753. The van der Waals surface area contributed by atoms with Gasteiger partial charge in [-0.15, -0.1) is 12.4 Å². The van der Waals surface area contributed by atoms with Gasteiger partial charge in [0.05, 0.1) is 12.5 Å². The molecular weight excluding hydrogens is 278 g/mol. The summed E-state index contributed by atoms with van der Waals surface area (Å²) in [7, 11) is 0. The highest BCUT2D eigenvalue weighted by atomic mass is 35.5. The summed E-state index contributed by atoms with van der Waals surface area (Å²) in [5.41, 5.74) is 0. The van der Waals surface area contributed by atoms with Crippen molar-refractivity contribution in [1.29, 1.82) is 0 Å². The maximum atomic E-state index is 11.7. The lowest BCUT2D eigenvalue weighted by Crippen LogP contribution is -2.47. The van der Waals surface area contributed by atoms with Gasteiger partial charge in [-0.25, -0.2) is 0 Å². The van der Waals surface area contributed by atoms with Crippen molar-refractivity contribution >= 4 is 18.4 Å². The van der Waals surface area contributed by atoms with Crippen LogP contribution in [0.15, 0.2) is 0 Å². The highest BCUT2D eigenvalue weighted by Gasteiger charge is 2.25. The molecule has 0 atom stereocenters. The lowest BCUT2D eigenvalue weighted by molar-refractivity contribution is -0.149. The zero-order valence-electron chi connectivity index (χ0n) is 12.5. The summed E-state index contributed by atoms with van der Waals surface area (Å²) in [4.78, 5) is 16.7. The lowest BCUT2D eigenvalue weighted by atomic mass is 9.97. The van der Waals surface area contributed by atoms with Crippen LogP contribution < -0.4 is 5.32 Å². The van der Waals surface area contributed by atoms with Crippen molar-refractivity contribution in [3.8, 4) is 0 Å². The van der Waals surface area contributed by atoms with Gasteiger partial charge in [-0.2, -0.15) is 0 Å². The number of nitrogens with one attached hydrogen (secondary N) is 1. The SMILES string of the molecule is CCOC(=O)C1CCN(CCN2CCNCC2)CC1.Cl. The van der Waals surface area contributed by atoms with Crippen LogP contribution in [-0.4, -0.2) is 74.7 Å². The summed E-state index contributed by atoms with van der Waals surface area (Å²) in [6, 6.07) is 0. The molecule has 6 heteroatoms. The molecule has 5 nitrogen and oxygen atoms in total. The number of likely N-dealkylation sites (tertiary alicyclic amines) is 1. The van der Waals surface area contributed by atoms with Gasteiger partial charge < -0.3 is 15.0 Å².